The van der Waals surface area contributed by atoms with Gasteiger partial charge >= 0.3 is 0 Å². The fraction of sp³-hybridized carbons (Fsp3) is 0.714. The van der Waals surface area contributed by atoms with Gasteiger partial charge in [0, 0.05) is 12.8 Å². The lowest BCUT2D eigenvalue weighted by molar-refractivity contribution is 0.128. The van der Waals surface area contributed by atoms with Crippen molar-refractivity contribution in [1.29, 1.82) is 0 Å². The average Bonchev–Trinajstić information content (AvgIpc) is 2.12. The number of hydrogen-bond acceptors (Lipinski definition) is 2. The molecule has 0 aliphatic rings. The molecule has 2 atom stereocenters. The van der Waals surface area contributed by atoms with E-state index < -0.39 is 16.6 Å². The summed E-state index contributed by atoms with van der Waals surface area (Å²) < 4.78 is 12.2. The normalized spacial score (nSPS) is 15.8. The Morgan fingerprint density at radius 1 is 1.11 bits per heavy atom. The minimum atomic E-state index is -1.57. The van der Waals surface area contributed by atoms with Gasteiger partial charge in [0.05, 0.1) is 12.2 Å². The molecule has 0 aliphatic heterocycles. The standard InChI is InChI=1S/C14H28O2Si2/c1-9-11-14(16-18(6,7)8)12-13(10-2)15-17(3,4)5/h1,10,13-14H,2,11-12H2,3-8H3/t13?,14-/m1/s1. The van der Waals surface area contributed by atoms with E-state index in [9.17, 15) is 0 Å². The summed E-state index contributed by atoms with van der Waals surface area (Å²) in [6.45, 7) is 16.9. The highest BCUT2D eigenvalue weighted by molar-refractivity contribution is 6.70. The Hall–Kier alpha value is -0.346. The van der Waals surface area contributed by atoms with Crippen molar-refractivity contribution in [3.8, 4) is 12.3 Å². The minimum Gasteiger partial charge on any atom is -0.414 e. The Labute approximate surface area is 115 Å². The quantitative estimate of drug-likeness (QED) is 0.381. The predicted octanol–water partition coefficient (Wildman–Crippen LogP) is 4.03. The van der Waals surface area contributed by atoms with Crippen LogP contribution < -0.4 is 0 Å². The van der Waals surface area contributed by atoms with E-state index in [0.717, 1.165) is 6.42 Å². The van der Waals surface area contributed by atoms with Crippen LogP contribution in [0.5, 0.6) is 0 Å². The highest BCUT2D eigenvalue weighted by Gasteiger charge is 2.25. The summed E-state index contributed by atoms with van der Waals surface area (Å²) in [5.74, 6) is 2.70. The molecule has 0 heterocycles. The van der Waals surface area contributed by atoms with Gasteiger partial charge in [-0.2, -0.15) is 0 Å². The van der Waals surface area contributed by atoms with Crippen LogP contribution in [0.4, 0.5) is 0 Å². The molecule has 0 aromatic rings. The van der Waals surface area contributed by atoms with Crippen molar-refractivity contribution in [2.24, 2.45) is 0 Å². The molecule has 0 aromatic carbocycles. The van der Waals surface area contributed by atoms with Crippen molar-refractivity contribution in [2.45, 2.75) is 64.3 Å². The van der Waals surface area contributed by atoms with Gasteiger partial charge in [0.1, 0.15) is 0 Å². The summed E-state index contributed by atoms with van der Waals surface area (Å²) in [7, 11) is -3.13. The molecule has 18 heavy (non-hydrogen) atoms. The smallest absolute Gasteiger partial charge is 0.184 e. The van der Waals surface area contributed by atoms with Crippen LogP contribution in [0.15, 0.2) is 12.7 Å². The van der Waals surface area contributed by atoms with E-state index in [1.54, 1.807) is 0 Å². The van der Waals surface area contributed by atoms with Crippen LogP contribution in [0, 0.1) is 12.3 Å². The second-order valence-electron chi connectivity index (χ2n) is 6.50. The second kappa shape index (κ2) is 7.29. The molecule has 0 bridgehead atoms. The number of rotatable bonds is 8. The summed E-state index contributed by atoms with van der Waals surface area (Å²) >= 11 is 0. The fourth-order valence-electron chi connectivity index (χ4n) is 1.71. The fourth-order valence-corrected chi connectivity index (χ4v) is 3.99. The van der Waals surface area contributed by atoms with Crippen molar-refractivity contribution in [1.82, 2.24) is 0 Å². The van der Waals surface area contributed by atoms with E-state index in [0.29, 0.717) is 6.42 Å². The predicted molar refractivity (Wildman–Crippen MR) is 84.7 cm³/mol. The van der Waals surface area contributed by atoms with E-state index in [1.165, 1.54) is 0 Å². The zero-order valence-electron chi connectivity index (χ0n) is 12.7. The summed E-state index contributed by atoms with van der Waals surface area (Å²) in [6, 6.07) is 0. The summed E-state index contributed by atoms with van der Waals surface area (Å²) in [5.41, 5.74) is 0. The SMILES string of the molecule is C#CC[C@H](CC(C=C)O[Si](C)(C)C)O[Si](C)(C)C. The van der Waals surface area contributed by atoms with E-state index in [4.69, 9.17) is 15.3 Å². The Morgan fingerprint density at radius 2 is 1.61 bits per heavy atom. The van der Waals surface area contributed by atoms with Crippen LogP contribution >= 0.6 is 0 Å². The maximum atomic E-state index is 6.11. The number of hydrogen-bond donors (Lipinski definition) is 0. The Balaban J connectivity index is 4.55. The van der Waals surface area contributed by atoms with Gasteiger partial charge in [0.15, 0.2) is 16.6 Å². The molecule has 0 amide bonds. The molecule has 0 N–H and O–H groups in total. The lowest BCUT2D eigenvalue weighted by atomic mass is 10.1. The molecule has 0 aromatic heterocycles. The first-order chi connectivity index (χ1) is 8.07. The summed E-state index contributed by atoms with van der Waals surface area (Å²) in [5, 5.41) is 0. The Bertz CT molecular complexity index is 294. The zero-order valence-corrected chi connectivity index (χ0v) is 14.7. The van der Waals surface area contributed by atoms with Crippen molar-refractivity contribution in [2.75, 3.05) is 0 Å². The van der Waals surface area contributed by atoms with Crippen LogP contribution in [-0.2, 0) is 8.85 Å². The maximum Gasteiger partial charge on any atom is 0.184 e. The molecule has 0 aliphatic carbocycles. The molecule has 0 fully saturated rings. The molecule has 0 radical (unpaired) electrons. The van der Waals surface area contributed by atoms with Crippen molar-refractivity contribution in [3.05, 3.63) is 12.7 Å². The van der Waals surface area contributed by atoms with Gasteiger partial charge < -0.3 is 8.85 Å². The zero-order chi connectivity index (χ0) is 14.4. The topological polar surface area (TPSA) is 18.5 Å². The van der Waals surface area contributed by atoms with Crippen molar-refractivity contribution < 1.29 is 8.85 Å². The van der Waals surface area contributed by atoms with Gasteiger partial charge in [0.25, 0.3) is 0 Å². The van der Waals surface area contributed by atoms with Crippen LogP contribution in [-0.4, -0.2) is 28.8 Å². The monoisotopic (exact) mass is 284 g/mol. The molecule has 104 valence electrons. The van der Waals surface area contributed by atoms with Gasteiger partial charge in [0.2, 0.25) is 0 Å². The summed E-state index contributed by atoms with van der Waals surface area (Å²) in [6.07, 6.45) is 8.87. The molecule has 0 saturated carbocycles. The highest BCUT2D eigenvalue weighted by atomic mass is 28.4. The largest absolute Gasteiger partial charge is 0.414 e. The molecule has 0 rings (SSSR count). The first-order valence-electron chi connectivity index (χ1n) is 6.49. The van der Waals surface area contributed by atoms with Crippen LogP contribution in [0.25, 0.3) is 0 Å². The molecule has 0 saturated heterocycles. The first-order valence-corrected chi connectivity index (χ1v) is 13.3. The van der Waals surface area contributed by atoms with Crippen LogP contribution in [0.3, 0.4) is 0 Å². The third-order valence-corrected chi connectivity index (χ3v) is 4.18. The minimum absolute atomic E-state index is 0.0476. The van der Waals surface area contributed by atoms with E-state index in [1.807, 2.05) is 6.08 Å². The first kappa shape index (κ1) is 17.7. The Kier molecular flexibility index (Phi) is 7.15. The van der Waals surface area contributed by atoms with E-state index >= 15 is 0 Å². The lowest BCUT2D eigenvalue weighted by Crippen LogP contribution is -2.37. The third-order valence-electron chi connectivity index (χ3n) is 2.13. The molecular weight excluding hydrogens is 256 g/mol. The third kappa shape index (κ3) is 9.66. The van der Waals surface area contributed by atoms with Crippen LogP contribution in [0.1, 0.15) is 12.8 Å². The molecule has 0 spiro atoms. The van der Waals surface area contributed by atoms with Gasteiger partial charge in [-0.1, -0.05) is 6.08 Å². The van der Waals surface area contributed by atoms with Gasteiger partial charge in [-0.25, -0.2) is 0 Å². The molecular formula is C14H28O2Si2. The average molecular weight is 285 g/mol. The molecule has 4 heteroatoms. The molecule has 1 unspecified atom stereocenters. The van der Waals surface area contributed by atoms with Crippen molar-refractivity contribution >= 4 is 16.6 Å². The molecule has 2 nitrogen and oxygen atoms in total. The summed E-state index contributed by atoms with van der Waals surface area (Å²) in [4.78, 5) is 0. The van der Waals surface area contributed by atoms with Crippen molar-refractivity contribution in [3.63, 3.8) is 0 Å². The van der Waals surface area contributed by atoms with Gasteiger partial charge in [-0.05, 0) is 39.3 Å². The lowest BCUT2D eigenvalue weighted by Gasteiger charge is -2.30. The van der Waals surface area contributed by atoms with Crippen LogP contribution in [0.2, 0.25) is 39.3 Å². The van der Waals surface area contributed by atoms with Gasteiger partial charge in [-0.3, -0.25) is 0 Å². The Morgan fingerprint density at radius 3 is 1.94 bits per heavy atom. The van der Waals surface area contributed by atoms with E-state index in [-0.39, 0.29) is 12.2 Å². The van der Waals surface area contributed by atoms with Gasteiger partial charge in [-0.15, -0.1) is 18.9 Å². The maximum absolute atomic E-state index is 6.11. The number of terminal acetylenes is 1. The van der Waals surface area contributed by atoms with E-state index in [2.05, 4.69) is 51.8 Å². The highest BCUT2D eigenvalue weighted by Crippen LogP contribution is 2.19. The second-order valence-corrected chi connectivity index (χ2v) is 15.4.